The lowest BCUT2D eigenvalue weighted by Gasteiger charge is -2.21. The Bertz CT molecular complexity index is 441. The van der Waals surface area contributed by atoms with Crippen molar-refractivity contribution in [3.05, 3.63) is 29.8 Å². The molecule has 0 spiro atoms. The fraction of sp³-hybridized carbons (Fsp3) is 0.562. The van der Waals surface area contributed by atoms with Gasteiger partial charge in [0.15, 0.2) is 0 Å². The standard InChI is InChI=1S/C16H25NO3/c1-12(2)9-20-14-7-5-6-13(8-14)15(19)17-10-16(3,4)11-18/h5-8,12,18H,9-11H2,1-4H3,(H,17,19). The second kappa shape index (κ2) is 7.29. The maximum atomic E-state index is 12.0. The second-order valence-electron chi connectivity index (χ2n) is 6.24. The van der Waals surface area contributed by atoms with E-state index in [1.54, 1.807) is 12.1 Å². The number of rotatable bonds is 7. The number of amides is 1. The molecular weight excluding hydrogens is 254 g/mol. The minimum atomic E-state index is -0.318. The number of nitrogens with one attached hydrogen (secondary N) is 1. The highest BCUT2D eigenvalue weighted by Crippen LogP contribution is 2.15. The quantitative estimate of drug-likeness (QED) is 0.806. The second-order valence-corrected chi connectivity index (χ2v) is 6.24. The van der Waals surface area contributed by atoms with Crippen LogP contribution in [0.15, 0.2) is 24.3 Å². The van der Waals surface area contributed by atoms with Gasteiger partial charge in [-0.25, -0.2) is 0 Å². The van der Waals surface area contributed by atoms with E-state index in [1.165, 1.54) is 0 Å². The summed E-state index contributed by atoms with van der Waals surface area (Å²) in [4.78, 5) is 12.0. The zero-order valence-corrected chi connectivity index (χ0v) is 12.8. The van der Waals surface area contributed by atoms with Crippen molar-refractivity contribution in [2.45, 2.75) is 27.7 Å². The van der Waals surface area contributed by atoms with E-state index in [2.05, 4.69) is 19.2 Å². The van der Waals surface area contributed by atoms with Gasteiger partial charge in [-0.1, -0.05) is 33.8 Å². The molecule has 1 amide bonds. The van der Waals surface area contributed by atoms with Crippen molar-refractivity contribution < 1.29 is 14.6 Å². The Labute approximate surface area is 121 Å². The molecule has 1 rings (SSSR count). The number of aliphatic hydroxyl groups excluding tert-OH is 1. The van der Waals surface area contributed by atoms with Crippen LogP contribution in [-0.2, 0) is 0 Å². The molecule has 0 unspecified atom stereocenters. The minimum absolute atomic E-state index is 0.0326. The topological polar surface area (TPSA) is 58.6 Å². The summed E-state index contributed by atoms with van der Waals surface area (Å²) in [6.07, 6.45) is 0. The highest BCUT2D eigenvalue weighted by atomic mass is 16.5. The van der Waals surface area contributed by atoms with Crippen LogP contribution >= 0.6 is 0 Å². The van der Waals surface area contributed by atoms with Crippen molar-refractivity contribution in [1.29, 1.82) is 0 Å². The zero-order valence-electron chi connectivity index (χ0n) is 12.8. The molecule has 0 atom stereocenters. The number of carbonyl (C=O) groups excluding carboxylic acids is 1. The van der Waals surface area contributed by atoms with Crippen LogP contribution in [0.4, 0.5) is 0 Å². The molecular formula is C16H25NO3. The molecule has 0 aromatic heterocycles. The predicted octanol–water partition coefficient (Wildman–Crippen LogP) is 2.47. The number of ether oxygens (including phenoxy) is 1. The lowest BCUT2D eigenvalue weighted by atomic mass is 9.95. The summed E-state index contributed by atoms with van der Waals surface area (Å²) in [6, 6.07) is 7.14. The highest BCUT2D eigenvalue weighted by molar-refractivity contribution is 5.94. The molecule has 0 aliphatic carbocycles. The van der Waals surface area contributed by atoms with Gasteiger partial charge in [0, 0.05) is 24.1 Å². The van der Waals surface area contributed by atoms with Crippen molar-refractivity contribution in [2.75, 3.05) is 19.8 Å². The lowest BCUT2D eigenvalue weighted by molar-refractivity contribution is 0.0910. The van der Waals surface area contributed by atoms with Crippen LogP contribution in [0.2, 0.25) is 0 Å². The third-order valence-corrected chi connectivity index (χ3v) is 2.84. The third-order valence-electron chi connectivity index (χ3n) is 2.84. The van der Waals surface area contributed by atoms with E-state index >= 15 is 0 Å². The highest BCUT2D eigenvalue weighted by Gasteiger charge is 2.18. The van der Waals surface area contributed by atoms with Crippen LogP contribution < -0.4 is 10.1 Å². The average molecular weight is 279 g/mol. The van der Waals surface area contributed by atoms with Crippen LogP contribution in [0, 0.1) is 11.3 Å². The molecule has 0 bridgehead atoms. The number of aliphatic hydroxyl groups is 1. The molecule has 0 saturated heterocycles. The Kier molecular flexibility index (Phi) is 6.02. The van der Waals surface area contributed by atoms with Gasteiger partial charge >= 0.3 is 0 Å². The molecule has 1 aromatic carbocycles. The first-order valence-electron chi connectivity index (χ1n) is 6.96. The van der Waals surface area contributed by atoms with Crippen LogP contribution in [0.5, 0.6) is 5.75 Å². The maximum absolute atomic E-state index is 12.0. The molecule has 0 aliphatic rings. The van der Waals surface area contributed by atoms with Crippen LogP contribution in [0.25, 0.3) is 0 Å². The first-order valence-corrected chi connectivity index (χ1v) is 6.96. The van der Waals surface area contributed by atoms with Crippen molar-refractivity contribution in [3.63, 3.8) is 0 Å². The molecule has 4 nitrogen and oxygen atoms in total. The Balaban J connectivity index is 2.62. The van der Waals surface area contributed by atoms with Crippen LogP contribution in [-0.4, -0.2) is 30.8 Å². The van der Waals surface area contributed by atoms with Crippen molar-refractivity contribution in [3.8, 4) is 5.75 Å². The number of hydrogen-bond donors (Lipinski definition) is 2. The molecule has 1 aromatic rings. The smallest absolute Gasteiger partial charge is 0.251 e. The summed E-state index contributed by atoms with van der Waals surface area (Å²) in [5.74, 6) is 0.993. The SMILES string of the molecule is CC(C)COc1cccc(C(=O)NCC(C)(C)CO)c1. The van der Waals surface area contributed by atoms with E-state index in [9.17, 15) is 9.90 Å². The van der Waals surface area contributed by atoms with E-state index in [1.807, 2.05) is 26.0 Å². The number of carbonyl (C=O) groups is 1. The number of benzene rings is 1. The molecule has 0 saturated carbocycles. The normalized spacial score (nSPS) is 11.5. The summed E-state index contributed by atoms with van der Waals surface area (Å²) in [5, 5.41) is 12.0. The van der Waals surface area contributed by atoms with Gasteiger partial charge in [-0.2, -0.15) is 0 Å². The van der Waals surface area contributed by atoms with E-state index in [0.717, 1.165) is 0 Å². The minimum Gasteiger partial charge on any atom is -0.493 e. The van der Waals surface area contributed by atoms with E-state index in [4.69, 9.17) is 4.74 Å². The predicted molar refractivity (Wildman–Crippen MR) is 80.0 cm³/mol. The van der Waals surface area contributed by atoms with Gasteiger partial charge in [0.1, 0.15) is 5.75 Å². The maximum Gasteiger partial charge on any atom is 0.251 e. The van der Waals surface area contributed by atoms with Gasteiger partial charge in [0.25, 0.3) is 5.91 Å². The van der Waals surface area contributed by atoms with Crippen molar-refractivity contribution in [2.24, 2.45) is 11.3 Å². The summed E-state index contributed by atoms with van der Waals surface area (Å²) in [5.41, 5.74) is 0.251. The lowest BCUT2D eigenvalue weighted by Crippen LogP contribution is -2.36. The monoisotopic (exact) mass is 279 g/mol. The average Bonchev–Trinajstić information content (AvgIpc) is 2.43. The van der Waals surface area contributed by atoms with Gasteiger partial charge in [-0.3, -0.25) is 4.79 Å². The zero-order chi connectivity index (χ0) is 15.2. The Morgan fingerprint density at radius 1 is 1.40 bits per heavy atom. The van der Waals surface area contributed by atoms with Crippen LogP contribution in [0.1, 0.15) is 38.1 Å². The molecule has 2 N–H and O–H groups in total. The van der Waals surface area contributed by atoms with Crippen LogP contribution in [0.3, 0.4) is 0 Å². The van der Waals surface area contributed by atoms with E-state index in [-0.39, 0.29) is 17.9 Å². The molecule has 0 fully saturated rings. The fourth-order valence-corrected chi connectivity index (χ4v) is 1.47. The van der Waals surface area contributed by atoms with Gasteiger partial charge in [-0.15, -0.1) is 0 Å². The summed E-state index contributed by atoms with van der Waals surface area (Å²) >= 11 is 0. The molecule has 20 heavy (non-hydrogen) atoms. The first kappa shape index (κ1) is 16.5. The molecule has 0 radical (unpaired) electrons. The van der Waals surface area contributed by atoms with Crippen molar-refractivity contribution in [1.82, 2.24) is 5.32 Å². The molecule has 4 heteroatoms. The van der Waals surface area contributed by atoms with Gasteiger partial charge in [-0.05, 0) is 24.1 Å². The first-order chi connectivity index (χ1) is 9.34. The third kappa shape index (κ3) is 5.61. The molecule has 0 aliphatic heterocycles. The van der Waals surface area contributed by atoms with E-state index in [0.29, 0.717) is 30.4 Å². The fourth-order valence-electron chi connectivity index (χ4n) is 1.47. The van der Waals surface area contributed by atoms with Gasteiger partial charge < -0.3 is 15.2 Å². The molecule has 112 valence electrons. The summed E-state index contributed by atoms with van der Waals surface area (Å²) in [6.45, 7) is 9.04. The summed E-state index contributed by atoms with van der Waals surface area (Å²) < 4.78 is 5.60. The van der Waals surface area contributed by atoms with E-state index < -0.39 is 0 Å². The molecule has 0 heterocycles. The van der Waals surface area contributed by atoms with Gasteiger partial charge in [0.2, 0.25) is 0 Å². The van der Waals surface area contributed by atoms with Crippen molar-refractivity contribution >= 4 is 5.91 Å². The van der Waals surface area contributed by atoms with Gasteiger partial charge in [0.05, 0.1) is 6.61 Å². The Hall–Kier alpha value is -1.55. The number of hydrogen-bond acceptors (Lipinski definition) is 3. The Morgan fingerprint density at radius 3 is 2.70 bits per heavy atom. The largest absolute Gasteiger partial charge is 0.493 e. The Morgan fingerprint density at radius 2 is 2.10 bits per heavy atom. The summed E-state index contributed by atoms with van der Waals surface area (Å²) in [7, 11) is 0.